The van der Waals surface area contributed by atoms with Crippen LogP contribution >= 0.6 is 11.3 Å². The summed E-state index contributed by atoms with van der Waals surface area (Å²) < 4.78 is 5.73. The first-order chi connectivity index (χ1) is 8.41. The maximum absolute atomic E-state index is 6.26. The van der Waals surface area contributed by atoms with E-state index in [-0.39, 0.29) is 11.5 Å². The van der Waals surface area contributed by atoms with Crippen molar-refractivity contribution in [3.8, 4) is 0 Å². The number of aryl methyl sites for hydroxylation is 1. The van der Waals surface area contributed by atoms with E-state index >= 15 is 0 Å². The second-order valence-corrected chi connectivity index (χ2v) is 6.70. The molecule has 2 aromatic rings. The lowest BCUT2D eigenvalue weighted by Gasteiger charge is -2.15. The zero-order valence-corrected chi connectivity index (χ0v) is 12.3. The van der Waals surface area contributed by atoms with Crippen LogP contribution in [0.3, 0.4) is 0 Å². The van der Waals surface area contributed by atoms with E-state index in [0.717, 1.165) is 22.8 Å². The Morgan fingerprint density at radius 2 is 1.94 bits per heavy atom. The molecule has 0 aliphatic rings. The summed E-state index contributed by atoms with van der Waals surface area (Å²) in [4.78, 5) is 2.52. The van der Waals surface area contributed by atoms with E-state index in [1.165, 1.54) is 4.88 Å². The van der Waals surface area contributed by atoms with E-state index in [1.54, 1.807) is 11.3 Å². The normalized spacial score (nSPS) is 13.8. The van der Waals surface area contributed by atoms with Gasteiger partial charge < -0.3 is 10.2 Å². The lowest BCUT2D eigenvalue weighted by molar-refractivity contribution is 0.455. The molecule has 3 heteroatoms. The van der Waals surface area contributed by atoms with Crippen LogP contribution in [0.1, 0.15) is 55.0 Å². The fourth-order valence-electron chi connectivity index (χ4n) is 1.81. The van der Waals surface area contributed by atoms with Gasteiger partial charge in [-0.2, -0.15) is 0 Å². The van der Waals surface area contributed by atoms with Crippen LogP contribution in [0.4, 0.5) is 0 Å². The predicted molar refractivity (Wildman–Crippen MR) is 77.1 cm³/mol. The fraction of sp³-hybridized carbons (Fsp3) is 0.467. The summed E-state index contributed by atoms with van der Waals surface area (Å²) in [6.07, 6.45) is 0.907. The highest BCUT2D eigenvalue weighted by atomic mass is 32.1. The molecule has 98 valence electrons. The molecule has 1 atom stereocenters. The summed E-state index contributed by atoms with van der Waals surface area (Å²) in [5, 5.41) is 0. The molecule has 18 heavy (non-hydrogen) atoms. The molecule has 2 N–H and O–H groups in total. The van der Waals surface area contributed by atoms with Crippen molar-refractivity contribution in [2.24, 2.45) is 5.73 Å². The Balaban J connectivity index is 2.23. The van der Waals surface area contributed by atoms with Gasteiger partial charge in [0.25, 0.3) is 0 Å². The summed E-state index contributed by atoms with van der Waals surface area (Å²) in [5.74, 6) is 1.85. The highest BCUT2D eigenvalue weighted by Crippen LogP contribution is 2.34. The molecule has 0 radical (unpaired) electrons. The summed E-state index contributed by atoms with van der Waals surface area (Å²) in [5.41, 5.74) is 6.44. The molecule has 0 saturated carbocycles. The number of nitrogens with two attached hydrogens (primary N) is 1. The van der Waals surface area contributed by atoms with Crippen molar-refractivity contribution in [3.05, 3.63) is 45.5 Å². The number of rotatable bonds is 3. The van der Waals surface area contributed by atoms with Crippen molar-refractivity contribution < 1.29 is 4.42 Å². The first kappa shape index (κ1) is 13.4. The minimum absolute atomic E-state index is 0.147. The van der Waals surface area contributed by atoms with Crippen molar-refractivity contribution in [3.63, 3.8) is 0 Å². The zero-order valence-electron chi connectivity index (χ0n) is 11.5. The van der Waals surface area contributed by atoms with Gasteiger partial charge in [0.1, 0.15) is 11.5 Å². The molecule has 2 nitrogen and oxygen atoms in total. The van der Waals surface area contributed by atoms with Gasteiger partial charge in [0.15, 0.2) is 0 Å². The average Bonchev–Trinajstić information content (AvgIpc) is 2.96. The number of thiophene rings is 1. The third-order valence-electron chi connectivity index (χ3n) is 3.01. The largest absolute Gasteiger partial charge is 0.464 e. The minimum Gasteiger partial charge on any atom is -0.464 e. The minimum atomic E-state index is -0.147. The van der Waals surface area contributed by atoms with E-state index in [2.05, 4.69) is 39.8 Å². The van der Waals surface area contributed by atoms with Gasteiger partial charge in [-0.1, -0.05) is 27.7 Å². The third kappa shape index (κ3) is 2.68. The predicted octanol–water partition coefficient (Wildman–Crippen LogP) is 4.25. The maximum Gasteiger partial charge on any atom is 0.126 e. The Bertz CT molecular complexity index is 519. The van der Waals surface area contributed by atoms with Crippen LogP contribution in [0.25, 0.3) is 0 Å². The molecule has 0 aliphatic carbocycles. The average molecular weight is 263 g/mol. The first-order valence-corrected chi connectivity index (χ1v) is 7.18. The lowest BCUT2D eigenvalue weighted by atomic mass is 9.95. The second-order valence-electron chi connectivity index (χ2n) is 5.59. The second kappa shape index (κ2) is 4.90. The van der Waals surface area contributed by atoms with Crippen LogP contribution in [0, 0.1) is 0 Å². The van der Waals surface area contributed by atoms with Crippen LogP contribution < -0.4 is 5.73 Å². The molecule has 0 aliphatic heterocycles. The first-order valence-electron chi connectivity index (χ1n) is 6.36. The molecule has 0 aromatic carbocycles. The maximum atomic E-state index is 6.26. The number of hydrogen-bond acceptors (Lipinski definition) is 3. The summed E-state index contributed by atoms with van der Waals surface area (Å²) in [6, 6.07) is 8.13. The Kier molecular flexibility index (Phi) is 3.64. The molecule has 2 heterocycles. The molecule has 0 bridgehead atoms. The highest BCUT2D eigenvalue weighted by Gasteiger charge is 2.20. The van der Waals surface area contributed by atoms with Gasteiger partial charge in [-0.15, -0.1) is 11.3 Å². The molecular weight excluding hydrogens is 242 g/mol. The quantitative estimate of drug-likeness (QED) is 0.899. The Morgan fingerprint density at radius 3 is 2.44 bits per heavy atom. The molecule has 0 amide bonds. The molecular formula is C15H21NOS. The van der Waals surface area contributed by atoms with Crippen molar-refractivity contribution in [2.45, 2.75) is 45.6 Å². The van der Waals surface area contributed by atoms with Gasteiger partial charge in [-0.3, -0.25) is 0 Å². The topological polar surface area (TPSA) is 39.2 Å². The van der Waals surface area contributed by atoms with Crippen molar-refractivity contribution in [2.75, 3.05) is 0 Å². The monoisotopic (exact) mass is 263 g/mol. The number of hydrogen-bond donors (Lipinski definition) is 1. The van der Waals surface area contributed by atoms with Gasteiger partial charge >= 0.3 is 0 Å². The van der Waals surface area contributed by atoms with E-state index in [0.29, 0.717) is 0 Å². The van der Waals surface area contributed by atoms with Crippen molar-refractivity contribution in [1.82, 2.24) is 0 Å². The van der Waals surface area contributed by atoms with Crippen LogP contribution in [-0.4, -0.2) is 0 Å². The third-order valence-corrected chi connectivity index (χ3v) is 4.60. The molecule has 2 rings (SSSR count). The molecule has 0 saturated heterocycles. The van der Waals surface area contributed by atoms with E-state index in [1.807, 2.05) is 12.1 Å². The molecule has 1 unspecified atom stereocenters. The van der Waals surface area contributed by atoms with Crippen molar-refractivity contribution >= 4 is 11.3 Å². The number of furan rings is 1. The van der Waals surface area contributed by atoms with Crippen LogP contribution in [-0.2, 0) is 11.8 Å². The molecule has 0 spiro atoms. The smallest absolute Gasteiger partial charge is 0.126 e. The van der Waals surface area contributed by atoms with E-state index < -0.39 is 0 Å². The Hall–Kier alpha value is -1.06. The fourth-order valence-corrected chi connectivity index (χ4v) is 2.89. The van der Waals surface area contributed by atoms with Crippen LogP contribution in [0.15, 0.2) is 28.7 Å². The van der Waals surface area contributed by atoms with Crippen molar-refractivity contribution in [1.29, 1.82) is 0 Å². The lowest BCUT2D eigenvalue weighted by Crippen LogP contribution is -2.10. The highest BCUT2D eigenvalue weighted by molar-refractivity contribution is 7.12. The summed E-state index contributed by atoms with van der Waals surface area (Å²) in [7, 11) is 0. The SMILES string of the molecule is CCc1ccc(C(N)c2ccc(C(C)(C)C)s2)o1. The van der Waals surface area contributed by atoms with Crippen LogP contribution in [0.5, 0.6) is 0 Å². The Morgan fingerprint density at radius 1 is 1.22 bits per heavy atom. The molecule has 0 fully saturated rings. The Labute approximate surface area is 113 Å². The van der Waals surface area contributed by atoms with E-state index in [4.69, 9.17) is 10.2 Å². The van der Waals surface area contributed by atoms with Gasteiger partial charge in [0.05, 0.1) is 6.04 Å². The standard InChI is InChI=1S/C15H21NOS/c1-5-10-6-7-11(17-10)14(16)12-8-9-13(18-12)15(2,3)4/h6-9,14H,5,16H2,1-4H3. The summed E-state index contributed by atoms with van der Waals surface area (Å²) >= 11 is 1.77. The zero-order chi connectivity index (χ0) is 13.3. The van der Waals surface area contributed by atoms with Gasteiger partial charge in [-0.05, 0) is 29.7 Å². The summed E-state index contributed by atoms with van der Waals surface area (Å²) in [6.45, 7) is 8.74. The van der Waals surface area contributed by atoms with Gasteiger partial charge in [0, 0.05) is 16.2 Å². The van der Waals surface area contributed by atoms with Gasteiger partial charge in [-0.25, -0.2) is 0 Å². The van der Waals surface area contributed by atoms with Crippen LogP contribution in [0.2, 0.25) is 0 Å². The molecule has 2 aromatic heterocycles. The van der Waals surface area contributed by atoms with E-state index in [9.17, 15) is 0 Å². The van der Waals surface area contributed by atoms with Gasteiger partial charge in [0.2, 0.25) is 0 Å².